The highest BCUT2D eigenvalue weighted by molar-refractivity contribution is 5.65. The van der Waals surface area contributed by atoms with Crippen molar-refractivity contribution in [3.8, 4) is 22.9 Å². The molecule has 0 aliphatic rings. The Morgan fingerprint density at radius 2 is 1.97 bits per heavy atom. The summed E-state index contributed by atoms with van der Waals surface area (Å²) in [4.78, 5) is 2.23. The van der Waals surface area contributed by atoms with Crippen LogP contribution in [0, 0.1) is 6.92 Å². The van der Waals surface area contributed by atoms with Crippen molar-refractivity contribution in [2.45, 2.75) is 32.9 Å². The molecule has 0 radical (unpaired) electrons. The fourth-order valence-corrected chi connectivity index (χ4v) is 3.85. The molecule has 0 bridgehead atoms. The minimum atomic E-state index is -0.588. The van der Waals surface area contributed by atoms with E-state index in [2.05, 4.69) is 30.5 Å². The van der Waals surface area contributed by atoms with Crippen LogP contribution in [0.5, 0.6) is 11.6 Å². The molecule has 0 spiro atoms. The third kappa shape index (κ3) is 7.02. The second-order valence-electron chi connectivity index (χ2n) is 8.26. The zero-order chi connectivity index (χ0) is 23.6. The number of aliphatic hydroxyl groups excluding tert-OH is 1. The molecule has 0 aliphatic heterocycles. The summed E-state index contributed by atoms with van der Waals surface area (Å²) in [7, 11) is 1.91. The van der Waals surface area contributed by atoms with Gasteiger partial charge in [0, 0.05) is 25.7 Å². The van der Waals surface area contributed by atoms with E-state index in [4.69, 9.17) is 14.6 Å². The molecule has 0 fully saturated rings. The van der Waals surface area contributed by atoms with E-state index < -0.39 is 6.10 Å². The van der Waals surface area contributed by atoms with Crippen LogP contribution in [0.1, 0.15) is 24.5 Å². The zero-order valence-electron chi connectivity index (χ0n) is 19.9. The van der Waals surface area contributed by atoms with Crippen LogP contribution in [0.15, 0.2) is 67.3 Å². The number of rotatable bonds is 13. The number of aromatic nitrogens is 2. The quantitative estimate of drug-likeness (QED) is 0.295. The Morgan fingerprint density at radius 3 is 2.67 bits per heavy atom. The largest absolute Gasteiger partial charge is 0.439 e. The summed E-state index contributed by atoms with van der Waals surface area (Å²) in [5.74, 6) is 1.48. The van der Waals surface area contributed by atoms with E-state index in [9.17, 15) is 5.11 Å². The fraction of sp³-hybridized carbons (Fsp3) is 0.370. The first-order valence-electron chi connectivity index (χ1n) is 11.5. The number of aliphatic hydroxyl groups is 1. The van der Waals surface area contributed by atoms with Crippen molar-refractivity contribution in [3.63, 3.8) is 0 Å². The lowest BCUT2D eigenvalue weighted by molar-refractivity contribution is 0.0245. The molecule has 2 aromatic carbocycles. The van der Waals surface area contributed by atoms with Gasteiger partial charge in [0.05, 0.1) is 24.9 Å². The van der Waals surface area contributed by atoms with E-state index in [1.165, 1.54) is 0 Å². The molecular weight excluding hydrogens is 414 g/mol. The topological polar surface area (TPSA) is 59.8 Å². The van der Waals surface area contributed by atoms with E-state index >= 15 is 0 Å². The second kappa shape index (κ2) is 12.3. The lowest BCUT2D eigenvalue weighted by Crippen LogP contribution is -2.35. The van der Waals surface area contributed by atoms with Crippen LogP contribution in [0.4, 0.5) is 0 Å². The summed E-state index contributed by atoms with van der Waals surface area (Å²) in [5, 5.41) is 15.3. The van der Waals surface area contributed by atoms with Crippen molar-refractivity contribution in [2.75, 3.05) is 26.3 Å². The van der Waals surface area contributed by atoms with Crippen molar-refractivity contribution in [1.82, 2.24) is 14.7 Å². The summed E-state index contributed by atoms with van der Waals surface area (Å²) < 4.78 is 13.6. The molecule has 0 saturated carbocycles. The van der Waals surface area contributed by atoms with Crippen LogP contribution < -0.4 is 4.74 Å². The van der Waals surface area contributed by atoms with Gasteiger partial charge in [-0.2, -0.15) is 5.10 Å². The first-order valence-corrected chi connectivity index (χ1v) is 11.5. The predicted molar refractivity (Wildman–Crippen MR) is 132 cm³/mol. The van der Waals surface area contributed by atoms with Gasteiger partial charge in [-0.3, -0.25) is 4.90 Å². The molecule has 0 amide bonds. The van der Waals surface area contributed by atoms with Crippen LogP contribution in [0.2, 0.25) is 0 Å². The second-order valence-corrected chi connectivity index (χ2v) is 8.26. The van der Waals surface area contributed by atoms with Gasteiger partial charge in [0.15, 0.2) is 0 Å². The molecule has 0 unspecified atom stereocenters. The SMILES string of the molecule is C=CCOC[C@H](O)CN(CCC)Cc1c(-c2ccccc2)nn(C)c1Oc1cccc(C)c1. The molecule has 3 rings (SSSR count). The Morgan fingerprint density at radius 1 is 1.18 bits per heavy atom. The average molecular weight is 450 g/mol. The van der Waals surface area contributed by atoms with Gasteiger partial charge in [-0.25, -0.2) is 4.68 Å². The van der Waals surface area contributed by atoms with E-state index in [1.54, 1.807) is 10.8 Å². The van der Waals surface area contributed by atoms with Gasteiger partial charge >= 0.3 is 0 Å². The lowest BCUT2D eigenvalue weighted by atomic mass is 10.1. The van der Waals surface area contributed by atoms with Crippen molar-refractivity contribution in [2.24, 2.45) is 7.05 Å². The standard InChI is InChI=1S/C27H35N3O3/c1-5-15-30(18-23(31)20-32-16-6-2)19-25-26(22-12-8-7-9-13-22)28-29(4)27(25)33-24-14-10-11-21(3)17-24/h6-14,17,23,31H,2,5,15-16,18-20H2,1,3-4H3/t23-/m1/s1. The summed E-state index contributed by atoms with van der Waals surface area (Å²) >= 11 is 0. The van der Waals surface area contributed by atoms with Gasteiger partial charge in [0.1, 0.15) is 11.4 Å². The van der Waals surface area contributed by atoms with Gasteiger partial charge < -0.3 is 14.6 Å². The van der Waals surface area contributed by atoms with Crippen LogP contribution in [-0.4, -0.2) is 52.2 Å². The van der Waals surface area contributed by atoms with E-state index in [-0.39, 0.29) is 6.61 Å². The van der Waals surface area contributed by atoms with Gasteiger partial charge in [0.25, 0.3) is 0 Å². The summed E-state index contributed by atoms with van der Waals surface area (Å²) in [6.07, 6.45) is 2.07. The van der Waals surface area contributed by atoms with Gasteiger partial charge in [0.2, 0.25) is 5.88 Å². The molecule has 0 aliphatic carbocycles. The van der Waals surface area contributed by atoms with Crippen LogP contribution >= 0.6 is 0 Å². The Bertz CT molecular complexity index is 1020. The zero-order valence-corrected chi connectivity index (χ0v) is 19.9. The van der Waals surface area contributed by atoms with Crippen molar-refractivity contribution in [3.05, 3.63) is 78.4 Å². The molecular formula is C27H35N3O3. The third-order valence-corrected chi connectivity index (χ3v) is 5.28. The number of hydrogen-bond donors (Lipinski definition) is 1. The Labute approximate surface area is 197 Å². The maximum absolute atomic E-state index is 10.5. The van der Waals surface area contributed by atoms with Crippen molar-refractivity contribution in [1.29, 1.82) is 0 Å². The molecule has 1 N–H and O–H groups in total. The molecule has 6 heteroatoms. The third-order valence-electron chi connectivity index (χ3n) is 5.28. The van der Waals surface area contributed by atoms with E-state index in [1.807, 2.05) is 56.4 Å². The number of ether oxygens (including phenoxy) is 2. The molecule has 1 atom stereocenters. The monoisotopic (exact) mass is 449 g/mol. The minimum absolute atomic E-state index is 0.275. The van der Waals surface area contributed by atoms with Crippen molar-refractivity contribution < 1.29 is 14.6 Å². The summed E-state index contributed by atoms with van der Waals surface area (Å²) in [5.41, 5.74) is 4.06. The lowest BCUT2D eigenvalue weighted by Gasteiger charge is -2.25. The fourth-order valence-electron chi connectivity index (χ4n) is 3.85. The molecule has 0 saturated heterocycles. The first-order chi connectivity index (χ1) is 16.0. The highest BCUT2D eigenvalue weighted by Gasteiger charge is 2.23. The Hall–Kier alpha value is -2.93. The number of hydrogen-bond acceptors (Lipinski definition) is 5. The minimum Gasteiger partial charge on any atom is -0.439 e. The van der Waals surface area contributed by atoms with E-state index in [0.717, 1.165) is 41.1 Å². The van der Waals surface area contributed by atoms with Crippen LogP contribution in [0.3, 0.4) is 0 Å². The van der Waals surface area contributed by atoms with Gasteiger partial charge in [-0.15, -0.1) is 6.58 Å². The molecule has 1 heterocycles. The molecule has 1 aromatic heterocycles. The predicted octanol–water partition coefficient (Wildman–Crippen LogP) is 4.96. The number of nitrogens with zero attached hydrogens (tertiary/aromatic N) is 3. The Kier molecular flexibility index (Phi) is 9.24. The normalized spacial score (nSPS) is 12.2. The molecule has 6 nitrogen and oxygen atoms in total. The highest BCUT2D eigenvalue weighted by Crippen LogP contribution is 2.34. The summed E-state index contributed by atoms with van der Waals surface area (Å²) in [6, 6.07) is 18.2. The Balaban J connectivity index is 1.93. The van der Waals surface area contributed by atoms with E-state index in [0.29, 0.717) is 25.6 Å². The van der Waals surface area contributed by atoms with Crippen molar-refractivity contribution >= 4 is 0 Å². The van der Waals surface area contributed by atoms with Gasteiger partial charge in [-0.1, -0.05) is 55.5 Å². The first kappa shape index (κ1) is 24.7. The molecule has 33 heavy (non-hydrogen) atoms. The number of aryl methyl sites for hydroxylation is 2. The van der Waals surface area contributed by atoms with Crippen LogP contribution in [-0.2, 0) is 18.3 Å². The molecule has 3 aromatic rings. The average Bonchev–Trinajstić information content (AvgIpc) is 3.10. The van der Waals surface area contributed by atoms with Crippen LogP contribution in [0.25, 0.3) is 11.3 Å². The maximum atomic E-state index is 10.5. The smallest absolute Gasteiger partial charge is 0.222 e. The maximum Gasteiger partial charge on any atom is 0.222 e. The number of benzene rings is 2. The van der Waals surface area contributed by atoms with Gasteiger partial charge in [-0.05, 0) is 37.6 Å². The highest BCUT2D eigenvalue weighted by atomic mass is 16.5. The molecule has 176 valence electrons. The summed E-state index contributed by atoms with van der Waals surface area (Å²) in [6.45, 7) is 10.5.